The highest BCUT2D eigenvalue weighted by Gasteiger charge is 2.11. The van der Waals surface area contributed by atoms with Crippen LogP contribution < -0.4 is 4.74 Å². The van der Waals surface area contributed by atoms with Gasteiger partial charge >= 0.3 is 0 Å². The summed E-state index contributed by atoms with van der Waals surface area (Å²) in [5, 5.41) is 8.84. The van der Waals surface area contributed by atoms with E-state index in [1.807, 2.05) is 67.6 Å². The Hall–Kier alpha value is -2.85. The minimum Gasteiger partial charge on any atom is -0.487 e. The molecule has 0 spiro atoms. The monoisotopic (exact) mass is 321 g/mol. The molecule has 4 heteroatoms. The van der Waals surface area contributed by atoms with Crippen molar-refractivity contribution >= 4 is 6.08 Å². The third kappa shape index (κ3) is 3.91. The lowest BCUT2D eigenvalue weighted by Crippen LogP contribution is -1.97. The molecular formula is C20H19NO3. The third-order valence-electron chi connectivity index (χ3n) is 3.56. The summed E-state index contributed by atoms with van der Waals surface area (Å²) in [7, 11) is 0. The van der Waals surface area contributed by atoms with Crippen LogP contribution in [-0.4, -0.2) is 16.7 Å². The van der Waals surface area contributed by atoms with E-state index in [0.717, 1.165) is 28.3 Å². The summed E-state index contributed by atoms with van der Waals surface area (Å²) in [6.07, 6.45) is 3.54. The lowest BCUT2D eigenvalue weighted by molar-refractivity contribution is 0.299. The topological polar surface area (TPSA) is 55.5 Å². The summed E-state index contributed by atoms with van der Waals surface area (Å²) < 4.78 is 11.6. The molecule has 0 amide bonds. The molecule has 0 unspecified atom stereocenters. The largest absolute Gasteiger partial charge is 0.487 e. The zero-order valence-corrected chi connectivity index (χ0v) is 13.5. The van der Waals surface area contributed by atoms with Crippen molar-refractivity contribution in [3.63, 3.8) is 0 Å². The van der Waals surface area contributed by atoms with Crippen LogP contribution in [0.5, 0.6) is 5.75 Å². The van der Waals surface area contributed by atoms with Crippen LogP contribution in [0.4, 0.5) is 0 Å². The molecule has 0 saturated heterocycles. The molecule has 0 atom stereocenters. The molecule has 0 radical (unpaired) electrons. The molecule has 0 aliphatic carbocycles. The molecule has 0 aliphatic heterocycles. The molecule has 3 aromatic rings. The van der Waals surface area contributed by atoms with Gasteiger partial charge in [-0.2, -0.15) is 0 Å². The third-order valence-corrected chi connectivity index (χ3v) is 3.56. The van der Waals surface area contributed by atoms with Gasteiger partial charge in [0.05, 0.1) is 6.61 Å². The maximum absolute atomic E-state index is 8.84. The Kier molecular flexibility index (Phi) is 5.08. The van der Waals surface area contributed by atoms with E-state index in [4.69, 9.17) is 14.3 Å². The highest BCUT2D eigenvalue weighted by molar-refractivity contribution is 5.53. The fourth-order valence-electron chi connectivity index (χ4n) is 2.31. The Morgan fingerprint density at radius 3 is 2.75 bits per heavy atom. The summed E-state index contributed by atoms with van der Waals surface area (Å²) in [5.41, 5.74) is 2.71. The Morgan fingerprint density at radius 2 is 1.96 bits per heavy atom. The number of hydrogen-bond donors (Lipinski definition) is 1. The second-order valence-electron chi connectivity index (χ2n) is 5.33. The molecule has 122 valence electrons. The molecule has 3 rings (SSSR count). The van der Waals surface area contributed by atoms with Crippen LogP contribution in [0.2, 0.25) is 0 Å². The average Bonchev–Trinajstić information content (AvgIpc) is 3.00. The van der Waals surface area contributed by atoms with Crippen molar-refractivity contribution in [2.24, 2.45) is 0 Å². The van der Waals surface area contributed by atoms with Gasteiger partial charge in [0.2, 0.25) is 5.89 Å². The standard InChI is InChI=1S/C20H19NO3/c1-15-19(21-20(24-15)17-9-3-2-4-10-17)14-23-18-11-5-7-16(13-18)8-6-12-22/h2-11,13,22H,12,14H2,1H3. The second kappa shape index (κ2) is 7.62. The van der Waals surface area contributed by atoms with E-state index < -0.39 is 0 Å². The van der Waals surface area contributed by atoms with Gasteiger partial charge in [-0.25, -0.2) is 4.98 Å². The SMILES string of the molecule is Cc1oc(-c2ccccc2)nc1COc1cccc(C=CCO)c1. The minimum atomic E-state index is 0.0193. The second-order valence-corrected chi connectivity index (χ2v) is 5.33. The van der Waals surface area contributed by atoms with Crippen molar-refractivity contribution in [2.45, 2.75) is 13.5 Å². The Morgan fingerprint density at radius 1 is 1.12 bits per heavy atom. The summed E-state index contributed by atoms with van der Waals surface area (Å²) in [4.78, 5) is 4.53. The molecule has 2 aromatic carbocycles. The van der Waals surface area contributed by atoms with Crippen LogP contribution >= 0.6 is 0 Å². The number of hydrogen-bond acceptors (Lipinski definition) is 4. The number of aromatic nitrogens is 1. The molecule has 0 aliphatic rings. The number of aliphatic hydroxyl groups is 1. The van der Waals surface area contributed by atoms with Gasteiger partial charge in [-0.3, -0.25) is 0 Å². The van der Waals surface area contributed by atoms with Crippen molar-refractivity contribution in [1.29, 1.82) is 0 Å². The van der Waals surface area contributed by atoms with E-state index in [0.29, 0.717) is 12.5 Å². The Balaban J connectivity index is 1.71. The van der Waals surface area contributed by atoms with Gasteiger partial charge in [0.15, 0.2) is 0 Å². The number of benzene rings is 2. The van der Waals surface area contributed by atoms with Gasteiger partial charge in [0, 0.05) is 5.56 Å². The first-order chi connectivity index (χ1) is 11.8. The van der Waals surface area contributed by atoms with Crippen molar-refractivity contribution in [3.05, 3.63) is 77.7 Å². The lowest BCUT2D eigenvalue weighted by Gasteiger charge is -2.05. The molecule has 1 N–H and O–H groups in total. The molecule has 1 heterocycles. The summed E-state index contributed by atoms with van der Waals surface area (Å²) in [6.45, 7) is 2.25. The van der Waals surface area contributed by atoms with Gasteiger partial charge < -0.3 is 14.3 Å². The van der Waals surface area contributed by atoms with Crippen molar-refractivity contribution < 1.29 is 14.3 Å². The summed E-state index contributed by atoms with van der Waals surface area (Å²) >= 11 is 0. The molecule has 1 aromatic heterocycles. The van der Waals surface area contributed by atoms with Crippen molar-refractivity contribution in [3.8, 4) is 17.2 Å². The average molecular weight is 321 g/mol. The zero-order valence-electron chi connectivity index (χ0n) is 13.5. The first-order valence-corrected chi connectivity index (χ1v) is 7.78. The molecule has 4 nitrogen and oxygen atoms in total. The number of ether oxygens (including phenoxy) is 1. The highest BCUT2D eigenvalue weighted by atomic mass is 16.5. The predicted octanol–water partition coefficient (Wildman–Crippen LogP) is 4.23. The molecular weight excluding hydrogens is 302 g/mol. The van der Waals surface area contributed by atoms with Crippen LogP contribution in [0.1, 0.15) is 17.0 Å². The van der Waals surface area contributed by atoms with Gasteiger partial charge in [-0.1, -0.05) is 42.5 Å². The minimum absolute atomic E-state index is 0.0193. The van der Waals surface area contributed by atoms with E-state index >= 15 is 0 Å². The number of aliphatic hydroxyl groups excluding tert-OH is 1. The van der Waals surface area contributed by atoms with Crippen LogP contribution in [0.15, 0.2) is 65.1 Å². The molecule has 0 bridgehead atoms. The van der Waals surface area contributed by atoms with Crippen LogP contribution in [0, 0.1) is 6.92 Å². The summed E-state index contributed by atoms with van der Waals surface area (Å²) in [6, 6.07) is 17.5. The van der Waals surface area contributed by atoms with Gasteiger partial charge in [0.1, 0.15) is 23.8 Å². The van der Waals surface area contributed by atoms with E-state index in [2.05, 4.69) is 4.98 Å². The Labute approximate surface area is 141 Å². The highest BCUT2D eigenvalue weighted by Crippen LogP contribution is 2.23. The molecule has 0 fully saturated rings. The van der Waals surface area contributed by atoms with Crippen LogP contribution in [0.3, 0.4) is 0 Å². The van der Waals surface area contributed by atoms with E-state index in [1.165, 1.54) is 0 Å². The van der Waals surface area contributed by atoms with Gasteiger partial charge in [-0.15, -0.1) is 0 Å². The first kappa shape index (κ1) is 16.0. The number of nitrogens with zero attached hydrogens (tertiary/aromatic N) is 1. The van der Waals surface area contributed by atoms with E-state index in [9.17, 15) is 0 Å². The van der Waals surface area contributed by atoms with E-state index in [1.54, 1.807) is 6.08 Å². The Bertz CT molecular complexity index is 822. The zero-order chi connectivity index (χ0) is 16.8. The van der Waals surface area contributed by atoms with Gasteiger partial charge in [-0.05, 0) is 36.8 Å². The fourth-order valence-corrected chi connectivity index (χ4v) is 2.31. The summed E-state index contributed by atoms with van der Waals surface area (Å²) in [5.74, 6) is 2.11. The number of oxazole rings is 1. The predicted molar refractivity (Wildman–Crippen MR) is 93.6 cm³/mol. The van der Waals surface area contributed by atoms with Crippen LogP contribution in [-0.2, 0) is 6.61 Å². The van der Waals surface area contributed by atoms with Crippen molar-refractivity contribution in [1.82, 2.24) is 4.98 Å². The normalized spacial score (nSPS) is 11.1. The smallest absolute Gasteiger partial charge is 0.226 e. The first-order valence-electron chi connectivity index (χ1n) is 7.78. The molecule has 24 heavy (non-hydrogen) atoms. The van der Waals surface area contributed by atoms with Crippen molar-refractivity contribution in [2.75, 3.05) is 6.61 Å². The van der Waals surface area contributed by atoms with Crippen LogP contribution in [0.25, 0.3) is 17.5 Å². The lowest BCUT2D eigenvalue weighted by atomic mass is 10.2. The molecule has 0 saturated carbocycles. The van der Waals surface area contributed by atoms with Gasteiger partial charge in [0.25, 0.3) is 0 Å². The maximum atomic E-state index is 8.84. The van der Waals surface area contributed by atoms with E-state index in [-0.39, 0.29) is 6.61 Å². The quantitative estimate of drug-likeness (QED) is 0.738. The fraction of sp³-hybridized carbons (Fsp3) is 0.150. The number of rotatable bonds is 6. The maximum Gasteiger partial charge on any atom is 0.226 e. The number of aryl methyl sites for hydroxylation is 1.